The Morgan fingerprint density at radius 2 is 1.89 bits per heavy atom. The SMILES string of the molecule is CC(C)(C)OC(=O)N1CC2(CCNCC2(C)C)C1. The molecule has 104 valence electrons. The van der Waals surface area contributed by atoms with Crippen molar-refractivity contribution in [3.05, 3.63) is 0 Å². The van der Waals surface area contributed by atoms with Crippen molar-refractivity contribution in [2.75, 3.05) is 26.2 Å². The summed E-state index contributed by atoms with van der Waals surface area (Å²) in [7, 11) is 0. The van der Waals surface area contributed by atoms with Crippen LogP contribution in [-0.4, -0.2) is 42.8 Å². The van der Waals surface area contributed by atoms with Gasteiger partial charge in [-0.25, -0.2) is 4.79 Å². The maximum Gasteiger partial charge on any atom is 0.410 e. The van der Waals surface area contributed by atoms with E-state index >= 15 is 0 Å². The van der Waals surface area contributed by atoms with E-state index in [1.54, 1.807) is 0 Å². The lowest BCUT2D eigenvalue weighted by Crippen LogP contribution is -2.69. The van der Waals surface area contributed by atoms with Gasteiger partial charge in [0.25, 0.3) is 0 Å². The van der Waals surface area contributed by atoms with Gasteiger partial charge in [0.05, 0.1) is 0 Å². The normalized spacial score (nSPS) is 25.7. The van der Waals surface area contributed by atoms with E-state index in [0.717, 1.165) is 32.6 Å². The molecule has 0 saturated carbocycles. The molecule has 0 aromatic carbocycles. The Morgan fingerprint density at radius 1 is 1.28 bits per heavy atom. The van der Waals surface area contributed by atoms with Gasteiger partial charge < -0.3 is 15.0 Å². The van der Waals surface area contributed by atoms with Crippen LogP contribution >= 0.6 is 0 Å². The summed E-state index contributed by atoms with van der Waals surface area (Å²) in [5.74, 6) is 0. The first-order valence-corrected chi connectivity index (χ1v) is 6.84. The molecular weight excluding hydrogens is 228 g/mol. The zero-order valence-electron chi connectivity index (χ0n) is 12.3. The molecule has 4 heteroatoms. The average Bonchev–Trinajstić information content (AvgIpc) is 2.10. The Bertz CT molecular complexity index is 338. The fourth-order valence-electron chi connectivity index (χ4n) is 2.98. The summed E-state index contributed by atoms with van der Waals surface area (Å²) in [6, 6.07) is 0. The molecule has 2 aliphatic rings. The fourth-order valence-corrected chi connectivity index (χ4v) is 2.98. The molecule has 2 fully saturated rings. The van der Waals surface area contributed by atoms with Crippen molar-refractivity contribution in [2.24, 2.45) is 10.8 Å². The van der Waals surface area contributed by atoms with Gasteiger partial charge in [-0.2, -0.15) is 0 Å². The number of carbonyl (C=O) groups is 1. The van der Waals surface area contributed by atoms with E-state index in [9.17, 15) is 4.79 Å². The number of hydrogen-bond donors (Lipinski definition) is 1. The van der Waals surface area contributed by atoms with Gasteiger partial charge in [0.2, 0.25) is 0 Å². The third-order valence-electron chi connectivity index (χ3n) is 4.42. The highest BCUT2D eigenvalue weighted by Crippen LogP contribution is 2.50. The van der Waals surface area contributed by atoms with E-state index < -0.39 is 5.60 Å². The van der Waals surface area contributed by atoms with E-state index in [2.05, 4.69) is 19.2 Å². The molecule has 18 heavy (non-hydrogen) atoms. The van der Waals surface area contributed by atoms with Crippen LogP contribution < -0.4 is 5.32 Å². The summed E-state index contributed by atoms with van der Waals surface area (Å²) in [5.41, 5.74) is 0.141. The van der Waals surface area contributed by atoms with E-state index in [1.807, 2.05) is 25.7 Å². The molecule has 0 unspecified atom stereocenters. The number of hydrogen-bond acceptors (Lipinski definition) is 3. The van der Waals surface area contributed by atoms with Crippen molar-refractivity contribution in [1.82, 2.24) is 10.2 Å². The lowest BCUT2D eigenvalue weighted by molar-refractivity contribution is -0.105. The summed E-state index contributed by atoms with van der Waals surface area (Å²) in [5, 5.41) is 3.45. The number of nitrogens with zero attached hydrogens (tertiary/aromatic N) is 1. The maximum absolute atomic E-state index is 12.0. The van der Waals surface area contributed by atoms with Gasteiger partial charge in [0, 0.05) is 25.0 Å². The lowest BCUT2D eigenvalue weighted by Gasteiger charge is -2.60. The maximum atomic E-state index is 12.0. The van der Waals surface area contributed by atoms with Crippen molar-refractivity contribution in [2.45, 2.75) is 46.6 Å². The molecule has 0 bridgehead atoms. The minimum Gasteiger partial charge on any atom is -0.444 e. The van der Waals surface area contributed by atoms with Crippen molar-refractivity contribution in [1.29, 1.82) is 0 Å². The lowest BCUT2D eigenvalue weighted by atomic mass is 9.57. The standard InChI is InChI=1S/C14H26N2O2/c1-12(2,3)18-11(17)16-9-14(10-16)6-7-15-8-13(14,4)5/h15H,6-10H2,1-5H3. The molecule has 2 rings (SSSR count). The molecule has 0 aromatic heterocycles. The number of rotatable bonds is 0. The third-order valence-corrected chi connectivity index (χ3v) is 4.42. The highest BCUT2D eigenvalue weighted by Gasteiger charge is 2.55. The van der Waals surface area contributed by atoms with E-state index in [1.165, 1.54) is 0 Å². The highest BCUT2D eigenvalue weighted by atomic mass is 16.6. The molecule has 1 N–H and O–H groups in total. The average molecular weight is 254 g/mol. The van der Waals surface area contributed by atoms with E-state index in [4.69, 9.17) is 4.74 Å². The van der Waals surface area contributed by atoms with Crippen molar-refractivity contribution in [3.8, 4) is 0 Å². The quantitative estimate of drug-likeness (QED) is 0.721. The summed E-state index contributed by atoms with van der Waals surface area (Å²) in [6.07, 6.45) is 0.988. The molecular formula is C14H26N2O2. The Morgan fingerprint density at radius 3 is 2.39 bits per heavy atom. The largest absolute Gasteiger partial charge is 0.444 e. The summed E-state index contributed by atoms with van der Waals surface area (Å²) in [6.45, 7) is 14.1. The van der Waals surface area contributed by atoms with Crippen molar-refractivity contribution in [3.63, 3.8) is 0 Å². The molecule has 2 saturated heterocycles. The number of nitrogens with one attached hydrogen (secondary N) is 1. The fraction of sp³-hybridized carbons (Fsp3) is 0.929. The van der Waals surface area contributed by atoms with E-state index in [-0.39, 0.29) is 16.9 Å². The number of carbonyl (C=O) groups excluding carboxylic acids is 1. The van der Waals surface area contributed by atoms with Gasteiger partial charge in [0.15, 0.2) is 0 Å². The molecule has 4 nitrogen and oxygen atoms in total. The van der Waals surface area contributed by atoms with Gasteiger partial charge in [0.1, 0.15) is 5.60 Å². The van der Waals surface area contributed by atoms with Crippen LogP contribution in [0.15, 0.2) is 0 Å². The molecule has 1 amide bonds. The number of amides is 1. The van der Waals surface area contributed by atoms with Crippen LogP contribution in [-0.2, 0) is 4.74 Å². The summed E-state index contributed by atoms with van der Waals surface area (Å²) < 4.78 is 5.42. The highest BCUT2D eigenvalue weighted by molar-refractivity contribution is 5.69. The van der Waals surface area contributed by atoms with Crippen LogP contribution in [0.1, 0.15) is 41.0 Å². The molecule has 0 aromatic rings. The molecule has 2 aliphatic heterocycles. The predicted molar refractivity (Wildman–Crippen MR) is 71.5 cm³/mol. The van der Waals surface area contributed by atoms with Crippen LogP contribution in [0.25, 0.3) is 0 Å². The molecule has 0 radical (unpaired) electrons. The summed E-state index contributed by atoms with van der Waals surface area (Å²) >= 11 is 0. The Hall–Kier alpha value is -0.770. The first kappa shape index (κ1) is 13.7. The van der Waals surface area contributed by atoms with Gasteiger partial charge in [-0.15, -0.1) is 0 Å². The van der Waals surface area contributed by atoms with Crippen LogP contribution in [0.2, 0.25) is 0 Å². The molecule has 2 heterocycles. The van der Waals surface area contributed by atoms with Gasteiger partial charge >= 0.3 is 6.09 Å². The molecule has 0 atom stereocenters. The Balaban J connectivity index is 1.95. The second-order valence-corrected chi connectivity index (χ2v) is 7.43. The zero-order valence-corrected chi connectivity index (χ0v) is 12.3. The monoisotopic (exact) mass is 254 g/mol. The van der Waals surface area contributed by atoms with Crippen molar-refractivity contribution < 1.29 is 9.53 Å². The number of ether oxygens (including phenoxy) is 1. The smallest absolute Gasteiger partial charge is 0.410 e. The number of likely N-dealkylation sites (tertiary alicyclic amines) is 1. The van der Waals surface area contributed by atoms with Gasteiger partial charge in [-0.05, 0) is 39.2 Å². The zero-order chi connectivity index (χ0) is 13.6. The van der Waals surface area contributed by atoms with E-state index in [0.29, 0.717) is 0 Å². The Labute approximate surface area is 110 Å². The van der Waals surface area contributed by atoms with Crippen LogP contribution in [0.4, 0.5) is 4.79 Å². The second kappa shape index (κ2) is 4.12. The molecule has 0 aliphatic carbocycles. The first-order valence-electron chi connectivity index (χ1n) is 6.84. The molecule has 1 spiro atoms. The van der Waals surface area contributed by atoms with Crippen LogP contribution in [0, 0.1) is 10.8 Å². The van der Waals surface area contributed by atoms with Gasteiger partial charge in [-0.1, -0.05) is 13.8 Å². The minimum absolute atomic E-state index is 0.164. The first-order chi connectivity index (χ1) is 8.15. The second-order valence-electron chi connectivity index (χ2n) is 7.43. The Kier molecular flexibility index (Phi) is 3.13. The minimum atomic E-state index is -0.399. The number of piperidine rings is 1. The van der Waals surface area contributed by atoms with Crippen LogP contribution in [0.3, 0.4) is 0 Å². The topological polar surface area (TPSA) is 41.6 Å². The van der Waals surface area contributed by atoms with Gasteiger partial charge in [-0.3, -0.25) is 0 Å². The summed E-state index contributed by atoms with van der Waals surface area (Å²) in [4.78, 5) is 13.8. The van der Waals surface area contributed by atoms with Crippen LogP contribution in [0.5, 0.6) is 0 Å². The predicted octanol–water partition coefficient (Wildman–Crippen LogP) is 2.24. The van der Waals surface area contributed by atoms with Crippen molar-refractivity contribution >= 4 is 6.09 Å². The third kappa shape index (κ3) is 2.35.